The van der Waals surface area contributed by atoms with Crippen LogP contribution in [-0.2, 0) is 19.1 Å². The van der Waals surface area contributed by atoms with E-state index in [1.165, 1.54) is 14.0 Å². The summed E-state index contributed by atoms with van der Waals surface area (Å²) in [6.45, 7) is 3.70. The number of ether oxygens (including phenoxy) is 1. The van der Waals surface area contributed by atoms with E-state index in [0.29, 0.717) is 13.0 Å². The third-order valence-corrected chi connectivity index (χ3v) is 2.79. The minimum Gasteiger partial charge on any atom is -0.467 e. The number of carbonyl (C=O) groups is 3. The Labute approximate surface area is 119 Å². The van der Waals surface area contributed by atoms with Gasteiger partial charge in [-0.1, -0.05) is 6.42 Å². The predicted octanol–water partition coefficient (Wildman–Crippen LogP) is -0.312. The van der Waals surface area contributed by atoms with Gasteiger partial charge in [0.2, 0.25) is 11.8 Å². The minimum atomic E-state index is -0.739. The van der Waals surface area contributed by atoms with Crippen LogP contribution in [0.4, 0.5) is 0 Å². The number of hydrogen-bond donors (Lipinski definition) is 3. The maximum atomic E-state index is 11.7. The Hall–Kier alpha value is -1.63. The fourth-order valence-electron chi connectivity index (χ4n) is 1.56. The van der Waals surface area contributed by atoms with Crippen LogP contribution in [0.25, 0.3) is 0 Å². The molecular weight excluding hydrogens is 262 g/mol. The van der Waals surface area contributed by atoms with E-state index >= 15 is 0 Å². The normalized spacial score (nSPS) is 13.2. The van der Waals surface area contributed by atoms with Gasteiger partial charge in [-0.3, -0.25) is 9.59 Å². The van der Waals surface area contributed by atoms with Crippen molar-refractivity contribution in [2.24, 2.45) is 5.73 Å². The number of rotatable bonds is 9. The van der Waals surface area contributed by atoms with Gasteiger partial charge in [0.15, 0.2) is 0 Å². The van der Waals surface area contributed by atoms with Crippen molar-refractivity contribution in [1.82, 2.24) is 10.6 Å². The Bertz CT molecular complexity index is 334. The van der Waals surface area contributed by atoms with Gasteiger partial charge in [-0.15, -0.1) is 0 Å². The second-order valence-corrected chi connectivity index (χ2v) is 4.64. The van der Waals surface area contributed by atoms with Gasteiger partial charge in [0, 0.05) is 6.42 Å². The van der Waals surface area contributed by atoms with Gasteiger partial charge in [0.1, 0.15) is 12.1 Å². The number of unbranched alkanes of at least 4 members (excludes halogenated alkanes) is 2. The van der Waals surface area contributed by atoms with Crippen molar-refractivity contribution < 1.29 is 19.1 Å². The number of esters is 1. The van der Waals surface area contributed by atoms with E-state index in [1.54, 1.807) is 6.92 Å². The van der Waals surface area contributed by atoms with Crippen LogP contribution in [0.15, 0.2) is 0 Å². The van der Waals surface area contributed by atoms with Crippen LogP contribution in [0.5, 0.6) is 0 Å². The summed E-state index contributed by atoms with van der Waals surface area (Å²) in [7, 11) is 1.25. The molecule has 116 valence electrons. The zero-order valence-corrected chi connectivity index (χ0v) is 12.4. The monoisotopic (exact) mass is 287 g/mol. The lowest BCUT2D eigenvalue weighted by Crippen LogP contribution is -2.49. The molecule has 0 spiro atoms. The van der Waals surface area contributed by atoms with E-state index in [-0.39, 0.29) is 5.91 Å². The average molecular weight is 287 g/mol. The topological polar surface area (TPSA) is 111 Å². The summed E-state index contributed by atoms with van der Waals surface area (Å²) in [6.07, 6.45) is 2.89. The summed E-state index contributed by atoms with van der Waals surface area (Å²) >= 11 is 0. The van der Waals surface area contributed by atoms with Gasteiger partial charge in [0.25, 0.3) is 0 Å². The summed E-state index contributed by atoms with van der Waals surface area (Å²) in [6, 6.07) is -1.43. The first-order valence-corrected chi connectivity index (χ1v) is 6.80. The van der Waals surface area contributed by atoms with Crippen molar-refractivity contribution in [2.75, 3.05) is 13.7 Å². The molecule has 0 aliphatic heterocycles. The van der Waals surface area contributed by atoms with Crippen molar-refractivity contribution in [3.8, 4) is 0 Å². The Morgan fingerprint density at radius 1 is 1.05 bits per heavy atom. The highest BCUT2D eigenvalue weighted by Gasteiger charge is 2.20. The SMILES string of the molecule is COC(=O)[C@@H](C)NC(=O)[C@@H](C)NC(=O)CCCCCN. The molecule has 0 saturated heterocycles. The molecule has 20 heavy (non-hydrogen) atoms. The van der Waals surface area contributed by atoms with Gasteiger partial charge < -0.3 is 21.1 Å². The molecule has 0 aromatic rings. The summed E-state index contributed by atoms with van der Waals surface area (Å²) in [4.78, 5) is 34.5. The molecular formula is C13H25N3O4. The molecule has 0 radical (unpaired) electrons. The molecule has 0 heterocycles. The number of nitrogens with two attached hydrogens (primary N) is 1. The van der Waals surface area contributed by atoms with Crippen LogP contribution >= 0.6 is 0 Å². The smallest absolute Gasteiger partial charge is 0.328 e. The molecule has 0 bridgehead atoms. The first kappa shape index (κ1) is 18.4. The highest BCUT2D eigenvalue weighted by atomic mass is 16.5. The van der Waals surface area contributed by atoms with E-state index < -0.39 is 24.0 Å². The molecule has 0 aromatic carbocycles. The molecule has 7 nitrogen and oxygen atoms in total. The predicted molar refractivity (Wildman–Crippen MR) is 74.7 cm³/mol. The molecule has 0 fully saturated rings. The number of methoxy groups -OCH3 is 1. The van der Waals surface area contributed by atoms with Crippen LogP contribution in [0.3, 0.4) is 0 Å². The van der Waals surface area contributed by atoms with Gasteiger partial charge in [-0.05, 0) is 33.2 Å². The number of hydrogen-bond acceptors (Lipinski definition) is 5. The molecule has 0 aromatic heterocycles. The van der Waals surface area contributed by atoms with Crippen LogP contribution < -0.4 is 16.4 Å². The van der Waals surface area contributed by atoms with Crippen molar-refractivity contribution in [1.29, 1.82) is 0 Å². The van der Waals surface area contributed by atoms with Gasteiger partial charge in [-0.2, -0.15) is 0 Å². The highest BCUT2D eigenvalue weighted by molar-refractivity contribution is 5.90. The summed E-state index contributed by atoms with van der Waals surface area (Å²) in [5.74, 6) is -1.13. The second kappa shape index (κ2) is 10.2. The Kier molecular flexibility index (Phi) is 9.36. The molecule has 2 amide bonds. The fourth-order valence-corrected chi connectivity index (χ4v) is 1.56. The van der Waals surface area contributed by atoms with Gasteiger partial charge >= 0.3 is 5.97 Å². The van der Waals surface area contributed by atoms with E-state index in [4.69, 9.17) is 5.73 Å². The third-order valence-electron chi connectivity index (χ3n) is 2.79. The second-order valence-electron chi connectivity index (χ2n) is 4.64. The highest BCUT2D eigenvalue weighted by Crippen LogP contribution is 1.99. The number of amides is 2. The molecule has 0 aliphatic rings. The molecule has 0 aliphatic carbocycles. The number of nitrogens with one attached hydrogen (secondary N) is 2. The number of carbonyl (C=O) groups excluding carboxylic acids is 3. The first-order valence-electron chi connectivity index (χ1n) is 6.80. The van der Waals surface area contributed by atoms with Crippen LogP contribution in [0, 0.1) is 0 Å². The average Bonchev–Trinajstić information content (AvgIpc) is 2.42. The lowest BCUT2D eigenvalue weighted by atomic mass is 10.2. The fraction of sp³-hybridized carbons (Fsp3) is 0.769. The zero-order chi connectivity index (χ0) is 15.5. The quantitative estimate of drug-likeness (QED) is 0.398. The van der Waals surface area contributed by atoms with Crippen molar-refractivity contribution in [3.05, 3.63) is 0 Å². The Morgan fingerprint density at radius 3 is 2.25 bits per heavy atom. The molecule has 7 heteroatoms. The lowest BCUT2D eigenvalue weighted by molar-refractivity contribution is -0.144. The molecule has 0 saturated carbocycles. The summed E-state index contributed by atoms with van der Waals surface area (Å²) in [5, 5.41) is 5.05. The largest absolute Gasteiger partial charge is 0.467 e. The van der Waals surface area contributed by atoms with Gasteiger partial charge in [0.05, 0.1) is 7.11 Å². The lowest BCUT2D eigenvalue weighted by Gasteiger charge is -2.17. The Balaban J connectivity index is 4.00. The van der Waals surface area contributed by atoms with Crippen LogP contribution in [0.2, 0.25) is 0 Å². The molecule has 0 unspecified atom stereocenters. The minimum absolute atomic E-state index is 0.185. The summed E-state index contributed by atoms with van der Waals surface area (Å²) < 4.78 is 4.50. The van der Waals surface area contributed by atoms with Crippen molar-refractivity contribution in [2.45, 2.75) is 51.6 Å². The summed E-state index contributed by atoms with van der Waals surface area (Å²) in [5.41, 5.74) is 5.36. The van der Waals surface area contributed by atoms with E-state index in [1.807, 2.05) is 0 Å². The molecule has 2 atom stereocenters. The van der Waals surface area contributed by atoms with Crippen molar-refractivity contribution in [3.63, 3.8) is 0 Å². The maximum absolute atomic E-state index is 11.7. The van der Waals surface area contributed by atoms with E-state index in [2.05, 4.69) is 15.4 Å². The molecule has 4 N–H and O–H groups in total. The first-order chi connectivity index (χ1) is 9.42. The van der Waals surface area contributed by atoms with E-state index in [9.17, 15) is 14.4 Å². The van der Waals surface area contributed by atoms with Crippen LogP contribution in [0.1, 0.15) is 39.5 Å². The van der Waals surface area contributed by atoms with Crippen molar-refractivity contribution >= 4 is 17.8 Å². The molecule has 0 rings (SSSR count). The van der Waals surface area contributed by atoms with Gasteiger partial charge in [-0.25, -0.2) is 4.79 Å². The standard InChI is InChI=1S/C13H25N3O4/c1-9(12(18)16-10(2)13(19)20-3)15-11(17)7-5-4-6-8-14/h9-10H,4-8,14H2,1-3H3,(H,15,17)(H,16,18)/t9-,10-/m1/s1. The van der Waals surface area contributed by atoms with E-state index in [0.717, 1.165) is 19.3 Å². The maximum Gasteiger partial charge on any atom is 0.328 e. The Morgan fingerprint density at radius 2 is 1.70 bits per heavy atom. The van der Waals surface area contributed by atoms with Crippen LogP contribution in [-0.4, -0.2) is 43.5 Å². The third kappa shape index (κ3) is 7.73. The zero-order valence-electron chi connectivity index (χ0n) is 12.4.